The molecule has 0 saturated carbocycles. The quantitative estimate of drug-likeness (QED) is 0.619. The highest BCUT2D eigenvalue weighted by atomic mass is 35.5. The summed E-state index contributed by atoms with van der Waals surface area (Å²) in [6.45, 7) is 0. The minimum Gasteiger partial charge on any atom is -0.503 e. The Morgan fingerprint density at radius 1 is 1.00 bits per heavy atom. The number of benzene rings is 2. The van der Waals surface area contributed by atoms with Crippen LogP contribution in [-0.4, -0.2) is 16.8 Å². The molecule has 1 aromatic heterocycles. The van der Waals surface area contributed by atoms with Crippen LogP contribution in [-0.2, 0) is 4.79 Å². The molecule has 0 fully saturated rings. The summed E-state index contributed by atoms with van der Waals surface area (Å²) in [6.07, 6.45) is 0. The van der Waals surface area contributed by atoms with Gasteiger partial charge in [-0.15, -0.1) is 11.3 Å². The molecule has 4 rings (SSSR count). The Balaban J connectivity index is 1.88. The number of rotatable bonds is 4. The first-order chi connectivity index (χ1) is 13.1. The zero-order chi connectivity index (χ0) is 19.0. The lowest BCUT2D eigenvalue weighted by atomic mass is 9.95. The van der Waals surface area contributed by atoms with Gasteiger partial charge < -0.3 is 5.11 Å². The van der Waals surface area contributed by atoms with Crippen LogP contribution in [0.1, 0.15) is 21.3 Å². The van der Waals surface area contributed by atoms with Crippen LogP contribution in [0.2, 0.25) is 5.02 Å². The van der Waals surface area contributed by atoms with Gasteiger partial charge in [-0.3, -0.25) is 14.5 Å². The van der Waals surface area contributed by atoms with Gasteiger partial charge in [-0.25, -0.2) is 0 Å². The maximum Gasteiger partial charge on any atom is 0.294 e. The Bertz CT molecular complexity index is 1030. The molecule has 0 spiro atoms. The van der Waals surface area contributed by atoms with E-state index in [1.807, 2.05) is 6.07 Å². The van der Waals surface area contributed by atoms with E-state index in [9.17, 15) is 14.7 Å². The molecule has 1 atom stereocenters. The van der Waals surface area contributed by atoms with Gasteiger partial charge in [0.15, 0.2) is 5.76 Å². The maximum absolute atomic E-state index is 13.1. The Morgan fingerprint density at radius 3 is 2.33 bits per heavy atom. The lowest BCUT2D eigenvalue weighted by Gasteiger charge is -2.26. The highest BCUT2D eigenvalue weighted by molar-refractivity contribution is 7.12. The van der Waals surface area contributed by atoms with Crippen molar-refractivity contribution < 1.29 is 14.7 Å². The zero-order valence-corrected chi connectivity index (χ0v) is 15.6. The van der Waals surface area contributed by atoms with Crippen molar-refractivity contribution in [1.29, 1.82) is 0 Å². The molecule has 0 aliphatic carbocycles. The van der Waals surface area contributed by atoms with Crippen LogP contribution in [0.25, 0.3) is 0 Å². The summed E-state index contributed by atoms with van der Waals surface area (Å²) in [6, 6.07) is 18.6. The van der Waals surface area contributed by atoms with Gasteiger partial charge in [0.05, 0.1) is 16.5 Å². The average Bonchev–Trinajstić information content (AvgIpc) is 3.31. The lowest BCUT2D eigenvalue weighted by Crippen LogP contribution is -2.30. The number of hydrogen-bond donors (Lipinski definition) is 1. The van der Waals surface area contributed by atoms with E-state index in [2.05, 4.69) is 0 Å². The standard InChI is InChI=1S/C21H14ClNO3S/c22-14-10-8-13(9-11-14)18-17(19(24)16-7-4-12-27-16)20(25)21(26)23(18)15-5-2-1-3-6-15/h1-12,18,25H. The van der Waals surface area contributed by atoms with E-state index in [0.29, 0.717) is 21.2 Å². The van der Waals surface area contributed by atoms with E-state index in [1.54, 1.807) is 66.0 Å². The smallest absolute Gasteiger partial charge is 0.294 e. The number of halogens is 1. The number of Topliss-reactive ketones (excluding diaryl/α,β-unsaturated/α-hetero) is 1. The van der Waals surface area contributed by atoms with Crippen molar-refractivity contribution in [3.05, 3.63) is 98.9 Å². The number of amides is 1. The number of nitrogens with zero attached hydrogens (tertiary/aromatic N) is 1. The maximum atomic E-state index is 13.1. The van der Waals surface area contributed by atoms with Crippen molar-refractivity contribution >= 4 is 40.3 Å². The third-order valence-electron chi connectivity index (χ3n) is 4.42. The molecule has 1 aliphatic rings. The molecular formula is C21H14ClNO3S. The van der Waals surface area contributed by atoms with Gasteiger partial charge >= 0.3 is 0 Å². The third-order valence-corrected chi connectivity index (χ3v) is 5.54. The molecule has 2 aromatic carbocycles. The SMILES string of the molecule is O=C(C1=C(O)C(=O)N(c2ccccc2)C1c1ccc(Cl)cc1)c1cccs1. The second kappa shape index (κ2) is 7.02. The molecule has 0 bridgehead atoms. The first kappa shape index (κ1) is 17.5. The number of carbonyl (C=O) groups is 2. The summed E-state index contributed by atoms with van der Waals surface area (Å²) >= 11 is 7.27. The van der Waals surface area contributed by atoms with E-state index in [-0.39, 0.29) is 11.4 Å². The Hall–Kier alpha value is -2.89. The molecule has 2 heterocycles. The summed E-state index contributed by atoms with van der Waals surface area (Å²) < 4.78 is 0. The molecule has 0 saturated heterocycles. The van der Waals surface area contributed by atoms with E-state index in [1.165, 1.54) is 16.2 Å². The van der Waals surface area contributed by atoms with Crippen LogP contribution < -0.4 is 4.90 Å². The van der Waals surface area contributed by atoms with E-state index < -0.39 is 17.7 Å². The Labute approximate surface area is 164 Å². The van der Waals surface area contributed by atoms with Gasteiger partial charge in [-0.2, -0.15) is 0 Å². The van der Waals surface area contributed by atoms with Gasteiger partial charge in [0.2, 0.25) is 5.78 Å². The molecule has 6 heteroatoms. The van der Waals surface area contributed by atoms with Crippen LogP contribution in [0.3, 0.4) is 0 Å². The van der Waals surface area contributed by atoms with Gasteiger partial charge in [0, 0.05) is 10.7 Å². The van der Waals surface area contributed by atoms with Crippen molar-refractivity contribution in [2.24, 2.45) is 0 Å². The highest BCUT2D eigenvalue weighted by Gasteiger charge is 2.44. The van der Waals surface area contributed by atoms with Gasteiger partial charge in [-0.1, -0.05) is 48.0 Å². The monoisotopic (exact) mass is 395 g/mol. The summed E-state index contributed by atoms with van der Waals surface area (Å²) in [5.74, 6) is -1.47. The molecule has 1 unspecified atom stereocenters. The van der Waals surface area contributed by atoms with Gasteiger partial charge in [0.25, 0.3) is 5.91 Å². The van der Waals surface area contributed by atoms with E-state index in [0.717, 1.165) is 0 Å². The van der Waals surface area contributed by atoms with Crippen molar-refractivity contribution in [1.82, 2.24) is 0 Å². The van der Waals surface area contributed by atoms with Crippen molar-refractivity contribution in [3.8, 4) is 0 Å². The largest absolute Gasteiger partial charge is 0.503 e. The van der Waals surface area contributed by atoms with Crippen molar-refractivity contribution in [2.75, 3.05) is 4.90 Å². The molecular weight excluding hydrogens is 382 g/mol. The van der Waals surface area contributed by atoms with Crippen LogP contribution in [0, 0.1) is 0 Å². The predicted octanol–water partition coefficient (Wildman–Crippen LogP) is 5.18. The number of anilines is 1. The molecule has 1 amide bonds. The zero-order valence-electron chi connectivity index (χ0n) is 14.0. The normalized spacial score (nSPS) is 16.9. The number of aliphatic hydroxyl groups is 1. The Kier molecular flexibility index (Phi) is 4.56. The minimum atomic E-state index is -0.730. The summed E-state index contributed by atoms with van der Waals surface area (Å²) in [4.78, 5) is 27.9. The average molecular weight is 396 g/mol. The van der Waals surface area contributed by atoms with Crippen LogP contribution >= 0.6 is 22.9 Å². The number of para-hydroxylation sites is 1. The topological polar surface area (TPSA) is 57.6 Å². The number of aliphatic hydroxyl groups excluding tert-OH is 1. The minimum absolute atomic E-state index is 0.0774. The van der Waals surface area contributed by atoms with Crippen molar-refractivity contribution in [2.45, 2.75) is 6.04 Å². The fourth-order valence-electron chi connectivity index (χ4n) is 3.19. The fraction of sp³-hybridized carbons (Fsp3) is 0.0476. The van der Waals surface area contributed by atoms with Crippen LogP contribution in [0.15, 0.2) is 83.4 Å². The molecule has 0 radical (unpaired) electrons. The summed E-state index contributed by atoms with van der Waals surface area (Å²) in [5, 5.41) is 12.9. The lowest BCUT2D eigenvalue weighted by molar-refractivity contribution is -0.117. The van der Waals surface area contributed by atoms with E-state index >= 15 is 0 Å². The van der Waals surface area contributed by atoms with Gasteiger partial charge in [-0.05, 0) is 41.3 Å². The molecule has 134 valence electrons. The first-order valence-corrected chi connectivity index (χ1v) is 9.49. The molecule has 3 aromatic rings. The molecule has 1 aliphatic heterocycles. The second-order valence-corrected chi connectivity index (χ2v) is 7.42. The van der Waals surface area contributed by atoms with Gasteiger partial charge in [0.1, 0.15) is 0 Å². The van der Waals surface area contributed by atoms with Crippen molar-refractivity contribution in [3.63, 3.8) is 0 Å². The molecule has 1 N–H and O–H groups in total. The second-order valence-electron chi connectivity index (χ2n) is 6.03. The van der Waals surface area contributed by atoms with Crippen LogP contribution in [0.4, 0.5) is 5.69 Å². The first-order valence-electron chi connectivity index (χ1n) is 8.23. The fourth-order valence-corrected chi connectivity index (χ4v) is 4.00. The number of thiophene rings is 1. The Morgan fingerprint density at radius 2 is 1.70 bits per heavy atom. The predicted molar refractivity (Wildman–Crippen MR) is 106 cm³/mol. The highest BCUT2D eigenvalue weighted by Crippen LogP contribution is 2.42. The number of ketones is 1. The molecule has 27 heavy (non-hydrogen) atoms. The number of hydrogen-bond acceptors (Lipinski definition) is 4. The summed E-state index contributed by atoms with van der Waals surface area (Å²) in [5.41, 5.74) is 1.37. The van der Waals surface area contributed by atoms with Crippen LogP contribution in [0.5, 0.6) is 0 Å². The third kappa shape index (κ3) is 3.05. The number of carbonyl (C=O) groups excluding carboxylic acids is 2. The van der Waals surface area contributed by atoms with E-state index in [4.69, 9.17) is 11.6 Å². The summed E-state index contributed by atoms with van der Waals surface area (Å²) in [7, 11) is 0. The molecule has 4 nitrogen and oxygen atoms in total.